The molecule has 0 fully saturated rings. The molecule has 4 rings (SSSR count). The highest BCUT2D eigenvalue weighted by molar-refractivity contribution is 9.10. The van der Waals surface area contributed by atoms with Crippen LogP contribution < -0.4 is 5.32 Å². The number of alkyl halides is 1. The van der Waals surface area contributed by atoms with E-state index in [-0.39, 0.29) is 18.4 Å². The number of fused-ring (bicyclic) bond motifs is 1. The third-order valence-electron chi connectivity index (χ3n) is 4.04. The summed E-state index contributed by atoms with van der Waals surface area (Å²) in [5.41, 5.74) is 3.11. The molecule has 0 atom stereocenters. The van der Waals surface area contributed by atoms with Gasteiger partial charge in [-0.15, -0.1) is 11.6 Å². The number of benzene rings is 2. The van der Waals surface area contributed by atoms with E-state index < -0.39 is 6.09 Å². The number of carbonyl (C=O) groups excluding carboxylic acids is 1. The molecule has 1 amide bonds. The number of nitrogens with zero attached hydrogens (tertiary/aromatic N) is 3. The topological polar surface area (TPSA) is 90.1 Å². The Balaban J connectivity index is 1.67. The molecule has 0 saturated carbocycles. The van der Waals surface area contributed by atoms with E-state index in [0.717, 1.165) is 26.5 Å². The van der Waals surface area contributed by atoms with E-state index in [1.807, 2.05) is 42.5 Å². The lowest BCUT2D eigenvalue weighted by atomic mass is 10.0. The molecule has 0 aliphatic heterocycles. The summed E-state index contributed by atoms with van der Waals surface area (Å²) in [4.78, 5) is 20.1. The first-order chi connectivity index (χ1) is 14.1. The number of hydrogen-bond donors (Lipinski definition) is 1. The molecule has 1 N–H and O–H groups in total. The molecule has 2 aromatic heterocycles. The average molecular weight is 474 g/mol. The molecular weight excluding hydrogens is 460 g/mol. The monoisotopic (exact) mass is 472 g/mol. The van der Waals surface area contributed by atoms with Gasteiger partial charge in [0.15, 0.2) is 5.76 Å². The Bertz CT molecular complexity index is 1180. The summed E-state index contributed by atoms with van der Waals surface area (Å²) in [6.45, 7) is 0.107. The molecule has 2 heterocycles. The molecule has 4 aromatic rings. The standard InChI is InChI=1S/C20H14BrClN4O3/c21-14-3-1-2-13(10-14)18-15-11-12(4-5-17(15)26-29-18)16-6-8-23-19(24-16)25-20(27)28-9-7-22/h1-6,8,10-11H,7,9H2,(H,23,24,25,27). The van der Waals surface area contributed by atoms with Crippen LogP contribution in [0.25, 0.3) is 33.5 Å². The van der Waals surface area contributed by atoms with Crippen molar-refractivity contribution in [2.45, 2.75) is 0 Å². The fourth-order valence-corrected chi connectivity index (χ4v) is 3.25. The fourth-order valence-electron chi connectivity index (χ4n) is 2.78. The summed E-state index contributed by atoms with van der Waals surface area (Å²) in [6.07, 6.45) is 0.904. The van der Waals surface area contributed by atoms with Gasteiger partial charge in [-0.3, -0.25) is 5.32 Å². The van der Waals surface area contributed by atoms with Gasteiger partial charge in [0.1, 0.15) is 12.1 Å². The molecule has 146 valence electrons. The summed E-state index contributed by atoms with van der Waals surface area (Å²) in [5.74, 6) is 1.02. The fraction of sp³-hybridized carbons (Fsp3) is 0.100. The summed E-state index contributed by atoms with van der Waals surface area (Å²) >= 11 is 8.98. The van der Waals surface area contributed by atoms with Crippen molar-refractivity contribution in [3.63, 3.8) is 0 Å². The Kier molecular flexibility index (Phi) is 5.73. The van der Waals surface area contributed by atoms with E-state index in [1.54, 1.807) is 12.3 Å². The van der Waals surface area contributed by atoms with Crippen LogP contribution in [0.5, 0.6) is 0 Å². The first kappa shape index (κ1) is 19.4. The summed E-state index contributed by atoms with van der Waals surface area (Å²) in [7, 11) is 0. The molecule has 0 unspecified atom stereocenters. The van der Waals surface area contributed by atoms with Crippen molar-refractivity contribution in [2.75, 3.05) is 17.8 Å². The predicted molar refractivity (Wildman–Crippen MR) is 114 cm³/mol. The van der Waals surface area contributed by atoms with Crippen LogP contribution in [0.15, 0.2) is 63.7 Å². The van der Waals surface area contributed by atoms with Crippen LogP contribution in [0.4, 0.5) is 10.7 Å². The maximum atomic E-state index is 11.7. The number of ether oxygens (including phenoxy) is 1. The molecule has 0 spiro atoms. The Hall–Kier alpha value is -2.97. The van der Waals surface area contributed by atoms with Crippen molar-refractivity contribution in [1.82, 2.24) is 15.1 Å². The van der Waals surface area contributed by atoms with Crippen molar-refractivity contribution in [3.05, 3.63) is 59.2 Å². The normalized spacial score (nSPS) is 10.8. The smallest absolute Gasteiger partial charge is 0.414 e. The zero-order valence-electron chi connectivity index (χ0n) is 14.9. The van der Waals surface area contributed by atoms with Crippen LogP contribution in [0.2, 0.25) is 0 Å². The lowest BCUT2D eigenvalue weighted by molar-refractivity contribution is 0.168. The third-order valence-corrected chi connectivity index (χ3v) is 4.69. The summed E-state index contributed by atoms with van der Waals surface area (Å²) in [6, 6.07) is 15.2. The Morgan fingerprint density at radius 1 is 1.17 bits per heavy atom. The second-order valence-corrected chi connectivity index (χ2v) is 7.26. The minimum Gasteiger partial charge on any atom is -0.448 e. The van der Waals surface area contributed by atoms with E-state index in [1.165, 1.54) is 0 Å². The second-order valence-electron chi connectivity index (χ2n) is 5.97. The van der Waals surface area contributed by atoms with E-state index in [2.05, 4.69) is 36.4 Å². The van der Waals surface area contributed by atoms with E-state index >= 15 is 0 Å². The molecule has 0 bridgehead atoms. The van der Waals surface area contributed by atoms with Crippen molar-refractivity contribution >= 4 is 50.5 Å². The Morgan fingerprint density at radius 2 is 2.07 bits per heavy atom. The maximum Gasteiger partial charge on any atom is 0.414 e. The van der Waals surface area contributed by atoms with Crippen LogP contribution in [0.1, 0.15) is 0 Å². The van der Waals surface area contributed by atoms with Crippen LogP contribution in [-0.4, -0.2) is 33.7 Å². The molecule has 7 nitrogen and oxygen atoms in total. The second kappa shape index (κ2) is 8.59. The van der Waals surface area contributed by atoms with Gasteiger partial charge in [0.2, 0.25) is 5.95 Å². The predicted octanol–water partition coefficient (Wildman–Crippen LogP) is 5.50. The first-order valence-electron chi connectivity index (χ1n) is 8.62. The molecule has 0 radical (unpaired) electrons. The van der Waals surface area contributed by atoms with Crippen LogP contribution >= 0.6 is 27.5 Å². The van der Waals surface area contributed by atoms with Crippen LogP contribution in [-0.2, 0) is 4.74 Å². The van der Waals surface area contributed by atoms with Gasteiger partial charge in [-0.05, 0) is 30.3 Å². The zero-order chi connectivity index (χ0) is 20.2. The zero-order valence-corrected chi connectivity index (χ0v) is 17.3. The lowest BCUT2D eigenvalue weighted by Crippen LogP contribution is -2.16. The average Bonchev–Trinajstić information content (AvgIpc) is 3.16. The van der Waals surface area contributed by atoms with Gasteiger partial charge in [-0.25, -0.2) is 14.8 Å². The minimum absolute atomic E-state index is 0.107. The van der Waals surface area contributed by atoms with Gasteiger partial charge in [-0.2, -0.15) is 0 Å². The third kappa shape index (κ3) is 4.38. The lowest BCUT2D eigenvalue weighted by Gasteiger charge is -2.06. The van der Waals surface area contributed by atoms with Crippen LogP contribution in [0, 0.1) is 0 Å². The van der Waals surface area contributed by atoms with Crippen molar-refractivity contribution in [2.24, 2.45) is 0 Å². The molecule has 0 saturated heterocycles. The summed E-state index contributed by atoms with van der Waals surface area (Å²) < 4.78 is 11.4. The molecular formula is C20H14BrClN4O3. The van der Waals surface area contributed by atoms with Gasteiger partial charge in [0, 0.05) is 21.8 Å². The van der Waals surface area contributed by atoms with Gasteiger partial charge in [0.05, 0.1) is 17.0 Å². The van der Waals surface area contributed by atoms with Gasteiger partial charge in [0.25, 0.3) is 0 Å². The van der Waals surface area contributed by atoms with Crippen molar-refractivity contribution < 1.29 is 14.1 Å². The number of carbonyl (C=O) groups is 1. The number of hydrogen-bond acceptors (Lipinski definition) is 6. The Morgan fingerprint density at radius 3 is 2.90 bits per heavy atom. The van der Waals surface area contributed by atoms with E-state index in [0.29, 0.717) is 11.5 Å². The SMILES string of the molecule is O=C(Nc1nccc(-c2ccc3noc(-c4cccc(Br)c4)c3c2)n1)OCCCl. The number of nitrogens with one attached hydrogen (secondary N) is 1. The van der Waals surface area contributed by atoms with Crippen molar-refractivity contribution in [1.29, 1.82) is 0 Å². The van der Waals surface area contributed by atoms with Gasteiger partial charge in [-0.1, -0.05) is 39.3 Å². The quantitative estimate of drug-likeness (QED) is 0.385. The first-order valence-corrected chi connectivity index (χ1v) is 9.95. The largest absolute Gasteiger partial charge is 0.448 e. The highest BCUT2D eigenvalue weighted by Crippen LogP contribution is 2.32. The van der Waals surface area contributed by atoms with E-state index in [9.17, 15) is 4.79 Å². The molecule has 2 aromatic carbocycles. The highest BCUT2D eigenvalue weighted by Gasteiger charge is 2.13. The van der Waals surface area contributed by atoms with Crippen molar-refractivity contribution in [3.8, 4) is 22.6 Å². The number of anilines is 1. The van der Waals surface area contributed by atoms with E-state index in [4.69, 9.17) is 20.9 Å². The minimum atomic E-state index is -0.658. The van der Waals surface area contributed by atoms with Gasteiger partial charge >= 0.3 is 6.09 Å². The number of rotatable bonds is 5. The molecule has 0 aliphatic carbocycles. The number of aromatic nitrogens is 3. The molecule has 9 heteroatoms. The molecule has 0 aliphatic rings. The highest BCUT2D eigenvalue weighted by atomic mass is 79.9. The van der Waals surface area contributed by atoms with Crippen LogP contribution in [0.3, 0.4) is 0 Å². The number of halogens is 2. The number of amides is 1. The van der Waals surface area contributed by atoms with Gasteiger partial charge < -0.3 is 9.26 Å². The molecule has 29 heavy (non-hydrogen) atoms. The maximum absolute atomic E-state index is 11.7. The Labute approximate surface area is 179 Å². The summed E-state index contributed by atoms with van der Waals surface area (Å²) in [5, 5.41) is 7.48.